The first-order valence-corrected chi connectivity index (χ1v) is 7.58. The fourth-order valence-electron chi connectivity index (χ4n) is 2.96. The second-order valence-electron chi connectivity index (χ2n) is 5.98. The number of carbonyl (C=O) groups is 1. The molecule has 0 aliphatic carbocycles. The van der Waals surface area contributed by atoms with E-state index in [1.807, 2.05) is 25.1 Å². The highest BCUT2D eigenvalue weighted by molar-refractivity contribution is 5.94. The van der Waals surface area contributed by atoms with Gasteiger partial charge in [-0.25, -0.2) is 0 Å². The van der Waals surface area contributed by atoms with Crippen LogP contribution in [-0.2, 0) is 4.79 Å². The number of carbonyl (C=O) groups excluding carboxylic acids is 1. The van der Waals surface area contributed by atoms with Crippen LogP contribution in [0.25, 0.3) is 0 Å². The smallest absolute Gasteiger partial charge is 0.241 e. The highest BCUT2D eigenvalue weighted by atomic mass is 16.7. The third-order valence-electron chi connectivity index (χ3n) is 4.26. The molecule has 2 aliphatic rings. The Balaban J connectivity index is 1.62. The van der Waals surface area contributed by atoms with Crippen LogP contribution >= 0.6 is 0 Å². The molecule has 1 amide bonds. The van der Waals surface area contributed by atoms with Gasteiger partial charge in [-0.15, -0.1) is 0 Å². The molecule has 114 valence electrons. The Morgan fingerprint density at radius 3 is 3.00 bits per heavy atom. The van der Waals surface area contributed by atoms with Gasteiger partial charge in [-0.2, -0.15) is 0 Å². The molecule has 2 aliphatic heterocycles. The molecule has 0 saturated carbocycles. The first-order valence-electron chi connectivity index (χ1n) is 7.58. The summed E-state index contributed by atoms with van der Waals surface area (Å²) >= 11 is 0. The van der Waals surface area contributed by atoms with E-state index < -0.39 is 0 Å². The van der Waals surface area contributed by atoms with E-state index in [0.717, 1.165) is 24.5 Å². The summed E-state index contributed by atoms with van der Waals surface area (Å²) in [6, 6.07) is 5.37. The first-order chi connectivity index (χ1) is 10.1. The molecule has 0 aromatic heterocycles. The summed E-state index contributed by atoms with van der Waals surface area (Å²) in [5.74, 6) is 2.11. The summed E-state index contributed by atoms with van der Waals surface area (Å²) in [4.78, 5) is 14.7. The van der Waals surface area contributed by atoms with Crippen LogP contribution in [0.2, 0.25) is 0 Å². The molecule has 2 atom stereocenters. The molecule has 0 bridgehead atoms. The summed E-state index contributed by atoms with van der Waals surface area (Å²) in [6.45, 7) is 6.46. The largest absolute Gasteiger partial charge is 0.454 e. The Labute approximate surface area is 125 Å². The third-order valence-corrected chi connectivity index (χ3v) is 4.26. The van der Waals surface area contributed by atoms with E-state index in [9.17, 15) is 4.79 Å². The van der Waals surface area contributed by atoms with E-state index in [2.05, 4.69) is 17.1 Å². The average molecular weight is 290 g/mol. The lowest BCUT2D eigenvalue weighted by atomic mass is 9.99. The van der Waals surface area contributed by atoms with E-state index in [-0.39, 0.29) is 18.7 Å². The highest BCUT2D eigenvalue weighted by Gasteiger charge is 2.26. The van der Waals surface area contributed by atoms with E-state index >= 15 is 0 Å². The second-order valence-corrected chi connectivity index (χ2v) is 5.98. The van der Waals surface area contributed by atoms with Crippen molar-refractivity contribution in [1.29, 1.82) is 0 Å². The van der Waals surface area contributed by atoms with Gasteiger partial charge < -0.3 is 14.8 Å². The zero-order valence-corrected chi connectivity index (χ0v) is 12.6. The Kier molecular flexibility index (Phi) is 4.01. The normalized spacial score (nSPS) is 22.9. The number of benzene rings is 1. The molecule has 2 unspecified atom stereocenters. The number of amides is 1. The lowest BCUT2D eigenvalue weighted by Gasteiger charge is -2.34. The van der Waals surface area contributed by atoms with E-state index in [1.165, 1.54) is 12.8 Å². The number of nitrogens with zero attached hydrogens (tertiary/aromatic N) is 1. The van der Waals surface area contributed by atoms with Crippen LogP contribution in [0.5, 0.6) is 11.5 Å². The maximum absolute atomic E-state index is 12.4. The molecule has 1 N–H and O–H groups in total. The summed E-state index contributed by atoms with van der Waals surface area (Å²) < 4.78 is 10.6. The van der Waals surface area contributed by atoms with Crippen molar-refractivity contribution in [1.82, 2.24) is 4.90 Å². The second kappa shape index (κ2) is 5.93. The SMILES string of the molecule is CC1CCCN(C(C)C(=O)Nc2ccc3c(c2)OCO3)C1. The summed E-state index contributed by atoms with van der Waals surface area (Å²) in [7, 11) is 0. The van der Waals surface area contributed by atoms with Crippen LogP contribution in [0.15, 0.2) is 18.2 Å². The standard InChI is InChI=1S/C16H22N2O3/c1-11-4-3-7-18(9-11)12(2)16(19)17-13-5-6-14-15(8-13)21-10-20-14/h5-6,8,11-12H,3-4,7,9-10H2,1-2H3,(H,17,19). The number of nitrogens with one attached hydrogen (secondary N) is 1. The number of piperidine rings is 1. The predicted octanol–water partition coefficient (Wildman–Crippen LogP) is 2.47. The summed E-state index contributed by atoms with van der Waals surface area (Å²) in [6.07, 6.45) is 2.43. The van der Waals surface area contributed by atoms with E-state index in [4.69, 9.17) is 9.47 Å². The molecular weight excluding hydrogens is 268 g/mol. The highest BCUT2D eigenvalue weighted by Crippen LogP contribution is 2.34. The van der Waals surface area contributed by atoms with Crippen molar-refractivity contribution in [3.05, 3.63) is 18.2 Å². The van der Waals surface area contributed by atoms with Crippen molar-refractivity contribution in [3.63, 3.8) is 0 Å². The van der Waals surface area contributed by atoms with Crippen LogP contribution in [0.1, 0.15) is 26.7 Å². The molecule has 1 fully saturated rings. The number of hydrogen-bond donors (Lipinski definition) is 1. The first kappa shape index (κ1) is 14.2. The Hall–Kier alpha value is -1.75. The molecule has 5 nitrogen and oxygen atoms in total. The molecular formula is C16H22N2O3. The van der Waals surface area contributed by atoms with Crippen LogP contribution < -0.4 is 14.8 Å². The Morgan fingerprint density at radius 2 is 2.19 bits per heavy atom. The lowest BCUT2D eigenvalue weighted by Crippen LogP contribution is -2.46. The fourth-order valence-corrected chi connectivity index (χ4v) is 2.96. The molecule has 1 saturated heterocycles. The van der Waals surface area contributed by atoms with Gasteiger partial charge >= 0.3 is 0 Å². The molecule has 21 heavy (non-hydrogen) atoms. The summed E-state index contributed by atoms with van der Waals surface area (Å²) in [5.41, 5.74) is 0.751. The van der Waals surface area contributed by atoms with Gasteiger partial charge in [0.2, 0.25) is 12.7 Å². The average Bonchev–Trinajstić information content (AvgIpc) is 2.94. The number of ether oxygens (including phenoxy) is 2. The molecule has 1 aromatic rings. The van der Waals surface area contributed by atoms with E-state index in [1.54, 1.807) is 0 Å². The fraction of sp³-hybridized carbons (Fsp3) is 0.562. The van der Waals surface area contributed by atoms with Crippen LogP contribution in [-0.4, -0.2) is 36.7 Å². The number of rotatable bonds is 3. The molecule has 0 radical (unpaired) electrons. The van der Waals surface area contributed by atoms with Crippen molar-refractivity contribution in [2.45, 2.75) is 32.7 Å². The van der Waals surface area contributed by atoms with Gasteiger partial charge in [0.15, 0.2) is 11.5 Å². The molecule has 5 heteroatoms. The van der Waals surface area contributed by atoms with Gasteiger partial charge in [-0.05, 0) is 44.4 Å². The van der Waals surface area contributed by atoms with Crippen molar-refractivity contribution < 1.29 is 14.3 Å². The lowest BCUT2D eigenvalue weighted by molar-refractivity contribution is -0.121. The Morgan fingerprint density at radius 1 is 1.38 bits per heavy atom. The zero-order valence-electron chi connectivity index (χ0n) is 12.6. The number of fused-ring (bicyclic) bond motifs is 1. The minimum atomic E-state index is -0.113. The molecule has 3 rings (SSSR count). The predicted molar refractivity (Wildman–Crippen MR) is 80.6 cm³/mol. The summed E-state index contributed by atoms with van der Waals surface area (Å²) in [5, 5.41) is 2.97. The van der Waals surface area contributed by atoms with Crippen molar-refractivity contribution in [2.75, 3.05) is 25.2 Å². The molecule has 2 heterocycles. The van der Waals surface area contributed by atoms with Crippen molar-refractivity contribution in [2.24, 2.45) is 5.92 Å². The minimum Gasteiger partial charge on any atom is -0.454 e. The maximum Gasteiger partial charge on any atom is 0.241 e. The molecule has 1 aromatic carbocycles. The zero-order chi connectivity index (χ0) is 14.8. The van der Waals surface area contributed by atoms with Crippen LogP contribution in [0.4, 0.5) is 5.69 Å². The third kappa shape index (κ3) is 3.13. The van der Waals surface area contributed by atoms with Gasteiger partial charge in [0.25, 0.3) is 0 Å². The van der Waals surface area contributed by atoms with Gasteiger partial charge in [-0.3, -0.25) is 9.69 Å². The van der Waals surface area contributed by atoms with Crippen LogP contribution in [0, 0.1) is 5.92 Å². The molecule has 0 spiro atoms. The van der Waals surface area contributed by atoms with Gasteiger partial charge in [0, 0.05) is 18.3 Å². The Bertz CT molecular complexity index is 532. The minimum absolute atomic E-state index is 0.0305. The van der Waals surface area contributed by atoms with Gasteiger partial charge in [0.1, 0.15) is 0 Å². The number of anilines is 1. The van der Waals surface area contributed by atoms with Crippen molar-refractivity contribution >= 4 is 11.6 Å². The van der Waals surface area contributed by atoms with Crippen LogP contribution in [0.3, 0.4) is 0 Å². The monoisotopic (exact) mass is 290 g/mol. The number of hydrogen-bond acceptors (Lipinski definition) is 4. The quantitative estimate of drug-likeness (QED) is 0.929. The van der Waals surface area contributed by atoms with E-state index in [0.29, 0.717) is 11.7 Å². The van der Waals surface area contributed by atoms with Gasteiger partial charge in [0.05, 0.1) is 6.04 Å². The topological polar surface area (TPSA) is 50.8 Å². The van der Waals surface area contributed by atoms with Crippen molar-refractivity contribution in [3.8, 4) is 11.5 Å². The van der Waals surface area contributed by atoms with Gasteiger partial charge in [-0.1, -0.05) is 6.92 Å². The maximum atomic E-state index is 12.4. The number of likely N-dealkylation sites (tertiary alicyclic amines) is 1.